The highest BCUT2D eigenvalue weighted by atomic mass is 19.4. The number of benzene rings is 2. The van der Waals surface area contributed by atoms with Gasteiger partial charge in [-0.3, -0.25) is 14.5 Å². The van der Waals surface area contributed by atoms with E-state index in [2.05, 4.69) is 0 Å². The Hall–Kier alpha value is -2.83. The van der Waals surface area contributed by atoms with Gasteiger partial charge in [-0.1, -0.05) is 12.1 Å². The van der Waals surface area contributed by atoms with Gasteiger partial charge in [0.1, 0.15) is 5.75 Å². The quantitative estimate of drug-likeness (QED) is 0.749. The summed E-state index contributed by atoms with van der Waals surface area (Å²) in [6, 6.07) is 10.9. The van der Waals surface area contributed by atoms with Crippen molar-refractivity contribution < 1.29 is 27.5 Å². The van der Waals surface area contributed by atoms with Crippen LogP contribution in [-0.2, 0) is 15.8 Å². The van der Waals surface area contributed by atoms with Gasteiger partial charge in [-0.15, -0.1) is 0 Å². The van der Waals surface area contributed by atoms with Crippen molar-refractivity contribution in [2.75, 3.05) is 4.90 Å². The Balaban J connectivity index is 1.65. The maximum atomic E-state index is 12.8. The van der Waals surface area contributed by atoms with Gasteiger partial charge in [0.2, 0.25) is 5.78 Å². The second kappa shape index (κ2) is 6.40. The fourth-order valence-electron chi connectivity index (χ4n) is 3.18. The molecule has 4 rings (SSSR count). The Morgan fingerprint density at radius 2 is 1.70 bits per heavy atom. The van der Waals surface area contributed by atoms with Crippen LogP contribution in [0.4, 0.5) is 18.9 Å². The maximum absolute atomic E-state index is 12.8. The minimum Gasteiger partial charge on any atom is -0.490 e. The molecule has 27 heavy (non-hydrogen) atoms. The molecule has 2 fully saturated rings. The van der Waals surface area contributed by atoms with Crippen LogP contribution in [0.25, 0.3) is 0 Å². The third-order valence-corrected chi connectivity index (χ3v) is 4.69. The van der Waals surface area contributed by atoms with Gasteiger partial charge >= 0.3 is 6.18 Å². The van der Waals surface area contributed by atoms with Crippen LogP contribution >= 0.6 is 0 Å². The molecule has 1 amide bonds. The van der Waals surface area contributed by atoms with Gasteiger partial charge in [0, 0.05) is 12.1 Å². The first-order valence-electron chi connectivity index (χ1n) is 8.63. The van der Waals surface area contributed by atoms with Crippen LogP contribution in [0, 0.1) is 0 Å². The molecule has 0 bridgehead atoms. The lowest BCUT2D eigenvalue weighted by Gasteiger charge is -2.25. The van der Waals surface area contributed by atoms with Gasteiger partial charge in [0.05, 0.1) is 17.7 Å². The second-order valence-electron chi connectivity index (χ2n) is 6.75. The highest BCUT2D eigenvalue weighted by Gasteiger charge is 2.40. The summed E-state index contributed by atoms with van der Waals surface area (Å²) in [6.07, 6.45) is -2.27. The number of anilines is 1. The highest BCUT2D eigenvalue weighted by molar-refractivity contribution is 6.44. The van der Waals surface area contributed by atoms with E-state index in [1.165, 1.54) is 17.0 Å². The minimum absolute atomic E-state index is 0.0211. The van der Waals surface area contributed by atoms with E-state index in [4.69, 9.17) is 4.74 Å². The summed E-state index contributed by atoms with van der Waals surface area (Å²) in [5, 5.41) is 0. The number of hydrogen-bond donors (Lipinski definition) is 0. The molecule has 140 valence electrons. The van der Waals surface area contributed by atoms with Crippen LogP contribution in [-0.4, -0.2) is 17.8 Å². The summed E-state index contributed by atoms with van der Waals surface area (Å²) in [5.41, 5.74) is 0.171. The van der Waals surface area contributed by atoms with Crippen LogP contribution in [0.3, 0.4) is 0 Å². The molecule has 2 aliphatic rings. The van der Waals surface area contributed by atoms with Crippen molar-refractivity contribution in [3.05, 3.63) is 59.7 Å². The van der Waals surface area contributed by atoms with Crippen LogP contribution in [0.5, 0.6) is 5.75 Å². The molecule has 1 aliphatic carbocycles. The molecule has 2 aromatic rings. The van der Waals surface area contributed by atoms with Gasteiger partial charge < -0.3 is 4.74 Å². The van der Waals surface area contributed by atoms with Crippen LogP contribution in [0.15, 0.2) is 48.5 Å². The first-order valence-corrected chi connectivity index (χ1v) is 8.63. The Morgan fingerprint density at radius 3 is 2.33 bits per heavy atom. The molecule has 7 heteroatoms. The molecule has 1 aliphatic heterocycles. The topological polar surface area (TPSA) is 46.6 Å². The molecule has 0 radical (unpaired) electrons. The predicted molar refractivity (Wildman–Crippen MR) is 91.4 cm³/mol. The van der Waals surface area contributed by atoms with Crippen molar-refractivity contribution >= 4 is 17.4 Å². The average molecular weight is 375 g/mol. The molecule has 0 unspecified atom stereocenters. The molecule has 1 saturated heterocycles. The van der Waals surface area contributed by atoms with Gasteiger partial charge in [0.15, 0.2) is 0 Å². The molecule has 0 aromatic heterocycles. The number of nitrogens with zero attached hydrogens (tertiary/aromatic N) is 1. The third kappa shape index (κ3) is 3.54. The number of ether oxygens (including phenoxy) is 1. The SMILES string of the molecule is O=C1C[C@H](c2cccc(OC3CC3)c2)N(c2ccc(C(F)(F)F)cc2)C1=O. The summed E-state index contributed by atoms with van der Waals surface area (Å²) in [7, 11) is 0. The number of carbonyl (C=O) groups is 2. The largest absolute Gasteiger partial charge is 0.490 e. The molecule has 1 heterocycles. The summed E-state index contributed by atoms with van der Waals surface area (Å²) < 4.78 is 44.1. The Bertz CT molecular complexity index is 888. The standard InChI is InChI=1S/C20H16F3NO3/c21-20(22,23)13-4-6-14(7-5-13)24-17(11-18(25)19(24)26)12-2-1-3-16(10-12)27-15-8-9-15/h1-7,10,15,17H,8-9,11H2/t17-/m1/s1. The maximum Gasteiger partial charge on any atom is 0.416 e. The molecular weight excluding hydrogens is 359 g/mol. The van der Waals surface area contributed by atoms with E-state index in [9.17, 15) is 22.8 Å². The third-order valence-electron chi connectivity index (χ3n) is 4.69. The highest BCUT2D eigenvalue weighted by Crippen LogP contribution is 2.38. The van der Waals surface area contributed by atoms with Crippen molar-refractivity contribution in [3.8, 4) is 5.75 Å². The van der Waals surface area contributed by atoms with Crippen molar-refractivity contribution in [1.82, 2.24) is 0 Å². The lowest BCUT2D eigenvalue weighted by atomic mass is 10.0. The molecule has 1 atom stereocenters. The summed E-state index contributed by atoms with van der Waals surface area (Å²) in [6.45, 7) is 0. The van der Waals surface area contributed by atoms with E-state index in [1.54, 1.807) is 18.2 Å². The molecule has 2 aromatic carbocycles. The number of rotatable bonds is 4. The number of amides is 1. The Morgan fingerprint density at radius 1 is 1.00 bits per heavy atom. The van der Waals surface area contributed by atoms with Crippen molar-refractivity contribution in [3.63, 3.8) is 0 Å². The minimum atomic E-state index is -4.46. The molecule has 1 saturated carbocycles. The fourth-order valence-corrected chi connectivity index (χ4v) is 3.18. The van der Waals surface area contributed by atoms with E-state index in [0.29, 0.717) is 11.3 Å². The average Bonchev–Trinajstić information content (AvgIpc) is 3.39. The van der Waals surface area contributed by atoms with Gasteiger partial charge in [-0.2, -0.15) is 13.2 Å². The predicted octanol–water partition coefficient (Wildman–Crippen LogP) is 4.29. The number of Topliss-reactive ketones (excluding diaryl/α,β-unsaturated/α-hetero) is 1. The van der Waals surface area contributed by atoms with E-state index < -0.39 is 29.5 Å². The van der Waals surface area contributed by atoms with Crippen molar-refractivity contribution in [2.45, 2.75) is 37.6 Å². The lowest BCUT2D eigenvalue weighted by molar-refractivity contribution is -0.137. The molecular formula is C20H16F3NO3. The monoisotopic (exact) mass is 375 g/mol. The number of halogens is 3. The number of alkyl halides is 3. The summed E-state index contributed by atoms with van der Waals surface area (Å²) in [5.74, 6) is -0.615. The molecule has 4 nitrogen and oxygen atoms in total. The van der Waals surface area contributed by atoms with E-state index >= 15 is 0 Å². The first kappa shape index (κ1) is 17.6. The van der Waals surface area contributed by atoms with E-state index in [1.807, 2.05) is 6.07 Å². The van der Waals surface area contributed by atoms with Gasteiger partial charge in [0.25, 0.3) is 5.91 Å². The number of ketones is 1. The normalized spacial score (nSPS) is 20.3. The fraction of sp³-hybridized carbons (Fsp3) is 0.300. The summed E-state index contributed by atoms with van der Waals surface area (Å²) >= 11 is 0. The lowest BCUT2D eigenvalue weighted by Crippen LogP contribution is -2.29. The second-order valence-corrected chi connectivity index (χ2v) is 6.75. The molecule has 0 spiro atoms. The van der Waals surface area contributed by atoms with Gasteiger partial charge in [-0.05, 0) is 54.8 Å². The zero-order chi connectivity index (χ0) is 19.2. The Labute approximate surface area is 153 Å². The van der Waals surface area contributed by atoms with Crippen LogP contribution in [0.1, 0.15) is 36.4 Å². The zero-order valence-corrected chi connectivity index (χ0v) is 14.2. The first-order chi connectivity index (χ1) is 12.8. The zero-order valence-electron chi connectivity index (χ0n) is 14.2. The van der Waals surface area contributed by atoms with Crippen molar-refractivity contribution in [1.29, 1.82) is 0 Å². The van der Waals surface area contributed by atoms with Crippen LogP contribution < -0.4 is 9.64 Å². The van der Waals surface area contributed by atoms with E-state index in [0.717, 1.165) is 25.0 Å². The van der Waals surface area contributed by atoms with Crippen LogP contribution in [0.2, 0.25) is 0 Å². The number of carbonyl (C=O) groups excluding carboxylic acids is 2. The smallest absolute Gasteiger partial charge is 0.416 e. The number of hydrogen-bond acceptors (Lipinski definition) is 3. The van der Waals surface area contributed by atoms with Crippen molar-refractivity contribution in [2.24, 2.45) is 0 Å². The Kier molecular flexibility index (Phi) is 4.17. The van der Waals surface area contributed by atoms with E-state index in [-0.39, 0.29) is 18.2 Å². The molecule has 0 N–H and O–H groups in total. The van der Waals surface area contributed by atoms with Gasteiger partial charge in [-0.25, -0.2) is 0 Å². The summed E-state index contributed by atoms with van der Waals surface area (Å²) in [4.78, 5) is 25.7.